The number of benzene rings is 2. The van der Waals surface area contributed by atoms with Gasteiger partial charge >= 0.3 is 6.36 Å². The van der Waals surface area contributed by atoms with Crippen LogP contribution in [0.4, 0.5) is 13.2 Å². The molecule has 0 unspecified atom stereocenters. The molecule has 1 heterocycles. The van der Waals surface area contributed by atoms with Crippen LogP contribution in [0.2, 0.25) is 5.02 Å². The summed E-state index contributed by atoms with van der Waals surface area (Å²) < 4.78 is 68.3. The predicted molar refractivity (Wildman–Crippen MR) is 104 cm³/mol. The Hall–Kier alpha value is -3.12. The number of halogens is 4. The van der Waals surface area contributed by atoms with Crippen LogP contribution in [0.25, 0.3) is 5.69 Å². The monoisotopic (exact) mass is 474 g/mol. The molecule has 13 heteroatoms. The van der Waals surface area contributed by atoms with Gasteiger partial charge < -0.3 is 4.74 Å². The summed E-state index contributed by atoms with van der Waals surface area (Å²) in [5.41, 5.74) is 1.31. The Kier molecular flexibility index (Phi) is 5.96. The van der Waals surface area contributed by atoms with Crippen LogP contribution in [0.5, 0.6) is 5.75 Å². The number of alkyl halides is 3. The van der Waals surface area contributed by atoms with Gasteiger partial charge in [-0.05, 0) is 55.8 Å². The zero-order valence-electron chi connectivity index (χ0n) is 15.9. The van der Waals surface area contributed by atoms with Crippen LogP contribution in [0.15, 0.2) is 47.4 Å². The summed E-state index contributed by atoms with van der Waals surface area (Å²) >= 11 is 6.20. The summed E-state index contributed by atoms with van der Waals surface area (Å²) in [5, 5.41) is 7.93. The second-order valence-electron chi connectivity index (χ2n) is 6.34. The van der Waals surface area contributed by atoms with Gasteiger partial charge in [0.2, 0.25) is 0 Å². The van der Waals surface area contributed by atoms with Crippen LogP contribution in [-0.2, 0) is 10.0 Å². The van der Waals surface area contributed by atoms with Crippen molar-refractivity contribution in [3.05, 3.63) is 64.4 Å². The maximum atomic E-state index is 12.5. The SMILES string of the molecule is Cc1ccc(-n2nnc(C(=O)NS(=O)(=O)c3ccc(OC(F)(F)F)cc3)c2C)c(Cl)c1. The first-order chi connectivity index (χ1) is 14.4. The first kappa shape index (κ1) is 22.6. The highest BCUT2D eigenvalue weighted by Gasteiger charge is 2.31. The van der Waals surface area contributed by atoms with E-state index >= 15 is 0 Å². The first-order valence-electron chi connectivity index (χ1n) is 8.49. The molecule has 2 aromatic carbocycles. The molecule has 3 rings (SSSR count). The van der Waals surface area contributed by atoms with Gasteiger partial charge in [-0.3, -0.25) is 4.79 Å². The summed E-state index contributed by atoms with van der Waals surface area (Å²) in [4.78, 5) is 12.0. The molecule has 0 aliphatic heterocycles. The molecule has 1 N–H and O–H groups in total. The number of carbonyl (C=O) groups is 1. The van der Waals surface area contributed by atoms with Crippen molar-refractivity contribution in [2.45, 2.75) is 25.1 Å². The van der Waals surface area contributed by atoms with E-state index in [0.717, 1.165) is 29.8 Å². The number of hydrogen-bond acceptors (Lipinski definition) is 6. The minimum atomic E-state index is -4.92. The maximum Gasteiger partial charge on any atom is 0.573 e. The van der Waals surface area contributed by atoms with Crippen LogP contribution in [0.1, 0.15) is 21.7 Å². The second-order valence-corrected chi connectivity index (χ2v) is 8.43. The lowest BCUT2D eigenvalue weighted by atomic mass is 10.2. The van der Waals surface area contributed by atoms with Gasteiger partial charge in [0.15, 0.2) is 5.69 Å². The smallest absolute Gasteiger partial charge is 0.406 e. The van der Waals surface area contributed by atoms with Gasteiger partial charge in [-0.25, -0.2) is 17.8 Å². The largest absolute Gasteiger partial charge is 0.573 e. The highest BCUT2D eigenvalue weighted by molar-refractivity contribution is 7.90. The fourth-order valence-corrected chi connectivity index (χ4v) is 3.87. The zero-order valence-corrected chi connectivity index (χ0v) is 17.5. The summed E-state index contributed by atoms with van der Waals surface area (Å²) in [7, 11) is -4.39. The van der Waals surface area contributed by atoms with Gasteiger partial charge in [0.1, 0.15) is 5.75 Å². The molecule has 0 saturated heterocycles. The van der Waals surface area contributed by atoms with E-state index in [1.807, 2.05) is 11.6 Å². The number of amides is 1. The van der Waals surface area contributed by atoms with Crippen LogP contribution in [0, 0.1) is 13.8 Å². The van der Waals surface area contributed by atoms with Crippen molar-refractivity contribution in [3.63, 3.8) is 0 Å². The third-order valence-electron chi connectivity index (χ3n) is 4.04. The minimum Gasteiger partial charge on any atom is -0.406 e. The van der Waals surface area contributed by atoms with Crippen LogP contribution >= 0.6 is 11.6 Å². The molecule has 0 bridgehead atoms. The molecule has 31 heavy (non-hydrogen) atoms. The highest BCUT2D eigenvalue weighted by atomic mass is 35.5. The number of aryl methyl sites for hydroxylation is 1. The van der Waals surface area contributed by atoms with Crippen molar-refractivity contribution < 1.29 is 31.1 Å². The van der Waals surface area contributed by atoms with E-state index in [0.29, 0.717) is 10.7 Å². The van der Waals surface area contributed by atoms with E-state index < -0.39 is 32.9 Å². The van der Waals surface area contributed by atoms with Crippen LogP contribution < -0.4 is 9.46 Å². The fraction of sp³-hybridized carbons (Fsp3) is 0.167. The molecule has 0 aliphatic rings. The number of hydrogen-bond donors (Lipinski definition) is 1. The lowest BCUT2D eigenvalue weighted by Crippen LogP contribution is -2.31. The molecule has 3 aromatic rings. The minimum absolute atomic E-state index is 0.229. The van der Waals surface area contributed by atoms with Gasteiger partial charge in [-0.2, -0.15) is 0 Å². The van der Waals surface area contributed by atoms with Gasteiger partial charge in [0.25, 0.3) is 15.9 Å². The molecule has 164 valence electrons. The van der Waals surface area contributed by atoms with Crippen molar-refractivity contribution in [2.75, 3.05) is 0 Å². The van der Waals surface area contributed by atoms with Crippen LogP contribution in [-0.4, -0.2) is 35.7 Å². The standard InChI is InChI=1S/C18H14ClF3N4O4S/c1-10-3-8-15(14(19)9-10)26-11(2)16(23-25-26)17(27)24-31(28,29)13-6-4-12(5-7-13)30-18(20,21)22/h3-9H,1-2H3,(H,24,27). The summed E-state index contributed by atoms with van der Waals surface area (Å²) in [6, 6.07) is 8.50. The number of aromatic nitrogens is 3. The molecule has 8 nitrogen and oxygen atoms in total. The van der Waals surface area contributed by atoms with Crippen molar-refractivity contribution in [3.8, 4) is 11.4 Å². The normalized spacial score (nSPS) is 11.9. The summed E-state index contributed by atoms with van der Waals surface area (Å²) in [6.45, 7) is 3.34. The molecular weight excluding hydrogens is 461 g/mol. The topological polar surface area (TPSA) is 103 Å². The first-order valence-corrected chi connectivity index (χ1v) is 10.4. The van der Waals surface area contributed by atoms with Crippen molar-refractivity contribution in [2.24, 2.45) is 0 Å². The van der Waals surface area contributed by atoms with Gasteiger partial charge in [-0.15, -0.1) is 18.3 Å². The van der Waals surface area contributed by atoms with Crippen molar-refractivity contribution >= 4 is 27.5 Å². The molecule has 1 aromatic heterocycles. The summed E-state index contributed by atoms with van der Waals surface area (Å²) in [6.07, 6.45) is -4.92. The van der Waals surface area contributed by atoms with E-state index in [1.54, 1.807) is 18.2 Å². The Morgan fingerprint density at radius 3 is 2.35 bits per heavy atom. The molecular formula is C18H14ClF3N4O4S. The lowest BCUT2D eigenvalue weighted by molar-refractivity contribution is -0.274. The number of nitrogens with zero attached hydrogens (tertiary/aromatic N) is 3. The van der Waals surface area contributed by atoms with E-state index in [1.165, 1.54) is 11.6 Å². The molecule has 0 aliphatic carbocycles. The average Bonchev–Trinajstić information content (AvgIpc) is 3.02. The van der Waals surface area contributed by atoms with Gasteiger partial charge in [-0.1, -0.05) is 22.9 Å². The number of nitrogens with one attached hydrogen (secondary N) is 1. The Labute approximate surface area is 179 Å². The number of carbonyl (C=O) groups excluding carboxylic acids is 1. The molecule has 0 saturated carbocycles. The Morgan fingerprint density at radius 2 is 1.77 bits per heavy atom. The third-order valence-corrected chi connectivity index (χ3v) is 5.69. The number of sulfonamides is 1. The molecule has 0 radical (unpaired) electrons. The lowest BCUT2D eigenvalue weighted by Gasteiger charge is -2.10. The zero-order chi connectivity index (χ0) is 23.0. The quantitative estimate of drug-likeness (QED) is 0.606. The fourth-order valence-electron chi connectivity index (χ4n) is 2.60. The predicted octanol–water partition coefficient (Wildman–Crippen LogP) is 3.55. The third kappa shape index (κ3) is 5.14. The van der Waals surface area contributed by atoms with Gasteiger partial charge in [0, 0.05) is 0 Å². The molecule has 1 amide bonds. The van der Waals surface area contributed by atoms with Crippen molar-refractivity contribution in [1.82, 2.24) is 19.7 Å². The molecule has 0 atom stereocenters. The van der Waals surface area contributed by atoms with Crippen molar-refractivity contribution in [1.29, 1.82) is 0 Å². The van der Waals surface area contributed by atoms with E-state index in [2.05, 4.69) is 15.0 Å². The number of ether oxygens (including phenoxy) is 1. The second kappa shape index (κ2) is 8.19. The highest BCUT2D eigenvalue weighted by Crippen LogP contribution is 2.25. The van der Waals surface area contributed by atoms with E-state index in [4.69, 9.17) is 11.6 Å². The Bertz CT molecular complexity index is 1240. The number of rotatable bonds is 5. The van der Waals surface area contributed by atoms with E-state index in [-0.39, 0.29) is 11.4 Å². The van der Waals surface area contributed by atoms with Crippen LogP contribution in [0.3, 0.4) is 0 Å². The summed E-state index contributed by atoms with van der Waals surface area (Å²) in [5.74, 6) is -1.67. The Morgan fingerprint density at radius 1 is 1.13 bits per heavy atom. The molecule has 0 fully saturated rings. The van der Waals surface area contributed by atoms with Gasteiger partial charge in [0.05, 0.1) is 21.3 Å². The Balaban J connectivity index is 1.82. The average molecular weight is 475 g/mol. The maximum absolute atomic E-state index is 12.5. The van der Waals surface area contributed by atoms with E-state index in [9.17, 15) is 26.4 Å². The molecule has 0 spiro atoms.